The summed E-state index contributed by atoms with van der Waals surface area (Å²) in [5.41, 5.74) is 2.79. The predicted molar refractivity (Wildman–Crippen MR) is 117 cm³/mol. The summed E-state index contributed by atoms with van der Waals surface area (Å²) in [7, 11) is 1.70. The van der Waals surface area contributed by atoms with Gasteiger partial charge in [-0.1, -0.05) is 19.9 Å². The van der Waals surface area contributed by atoms with Crippen molar-refractivity contribution in [3.63, 3.8) is 0 Å². The highest BCUT2D eigenvalue weighted by Gasteiger charge is 2.24. The van der Waals surface area contributed by atoms with Gasteiger partial charge in [0.05, 0.1) is 12.8 Å². The number of rotatable bonds is 9. The van der Waals surface area contributed by atoms with Crippen LogP contribution in [0.5, 0.6) is 5.75 Å². The fourth-order valence-electron chi connectivity index (χ4n) is 3.38. The third-order valence-corrected chi connectivity index (χ3v) is 5.37. The van der Waals surface area contributed by atoms with Crippen molar-refractivity contribution in [1.29, 1.82) is 0 Å². The predicted octanol–water partition coefficient (Wildman–Crippen LogP) is 3.35. The summed E-state index contributed by atoms with van der Waals surface area (Å²) in [6.07, 6.45) is 1.48. The molecule has 162 valence electrons. The summed E-state index contributed by atoms with van der Waals surface area (Å²) in [6, 6.07) is 6.35. The largest absolute Gasteiger partial charge is 0.496 e. The van der Waals surface area contributed by atoms with E-state index in [0.717, 1.165) is 30.9 Å². The van der Waals surface area contributed by atoms with Crippen LogP contribution in [0.3, 0.4) is 0 Å². The van der Waals surface area contributed by atoms with E-state index in [-0.39, 0.29) is 18.5 Å². The molecule has 1 aromatic carbocycles. The van der Waals surface area contributed by atoms with Crippen LogP contribution >= 0.6 is 0 Å². The first kappa shape index (κ1) is 23.0. The lowest BCUT2D eigenvalue weighted by Crippen LogP contribution is -2.51. The van der Waals surface area contributed by atoms with Crippen LogP contribution < -0.4 is 9.64 Å². The van der Waals surface area contributed by atoms with E-state index in [1.165, 1.54) is 5.56 Å². The number of carbonyl (C=O) groups is 1. The van der Waals surface area contributed by atoms with Crippen LogP contribution in [0, 0.1) is 0 Å². The Hall–Kier alpha value is -2.31. The molecule has 0 N–H and O–H groups in total. The molecule has 2 rings (SSSR count). The quantitative estimate of drug-likeness (QED) is 0.466. The highest BCUT2D eigenvalue weighted by molar-refractivity contribution is 5.85. The number of benzene rings is 1. The zero-order valence-electron chi connectivity index (χ0n) is 18.4. The molecular weight excluding hydrogens is 371 g/mol. The second-order valence-corrected chi connectivity index (χ2v) is 7.56. The van der Waals surface area contributed by atoms with E-state index in [1.54, 1.807) is 12.1 Å². The van der Waals surface area contributed by atoms with Crippen molar-refractivity contribution in [2.75, 3.05) is 51.4 Å². The molecule has 1 saturated heterocycles. The number of carbonyl (C=O) groups excluding carboxylic acids is 1. The minimum atomic E-state index is -0.577. The Labute approximate surface area is 174 Å². The lowest BCUT2D eigenvalue weighted by molar-refractivity contribution is -0.133. The van der Waals surface area contributed by atoms with Crippen LogP contribution in [0.2, 0.25) is 0 Å². The Balaban J connectivity index is 1.97. The molecule has 0 bridgehead atoms. The maximum Gasteiger partial charge on any atom is 0.243 e. The topological polar surface area (TPSA) is 48.4 Å². The first-order chi connectivity index (χ1) is 13.9. The normalized spacial score (nSPS) is 15.1. The highest BCUT2D eigenvalue weighted by atomic mass is 19.1. The van der Waals surface area contributed by atoms with Crippen LogP contribution in [-0.2, 0) is 11.2 Å². The van der Waals surface area contributed by atoms with Gasteiger partial charge in [-0.25, -0.2) is 4.39 Å². The SMILES string of the molecule is CC/C(CF)=N\N(CC(=O)N1CCN(c2ccc(CC)c(OC)c2)CC1)C(C)C. The molecule has 0 unspecified atom stereocenters. The number of hydrazone groups is 1. The van der Waals surface area contributed by atoms with Crippen molar-refractivity contribution >= 4 is 17.3 Å². The standard InChI is InChI=1S/C22H35FN4O2/c1-6-18-8-9-20(14-21(18)29-5)25-10-12-26(13-11-25)22(28)16-27(17(3)4)24-19(7-2)15-23/h8-9,14,17H,6-7,10-13,15-16H2,1-5H3/b24-19+. The number of methoxy groups -OCH3 is 1. The van der Waals surface area contributed by atoms with Crippen molar-refractivity contribution in [1.82, 2.24) is 9.91 Å². The number of aryl methyl sites for hydroxylation is 1. The Morgan fingerprint density at radius 2 is 1.93 bits per heavy atom. The van der Waals surface area contributed by atoms with Gasteiger partial charge in [-0.3, -0.25) is 9.80 Å². The van der Waals surface area contributed by atoms with E-state index in [1.807, 2.05) is 25.7 Å². The molecule has 1 heterocycles. The molecule has 29 heavy (non-hydrogen) atoms. The minimum Gasteiger partial charge on any atom is -0.496 e. The van der Waals surface area contributed by atoms with Gasteiger partial charge in [0, 0.05) is 44.0 Å². The van der Waals surface area contributed by atoms with Crippen LogP contribution in [0.25, 0.3) is 0 Å². The summed E-state index contributed by atoms with van der Waals surface area (Å²) in [5, 5.41) is 6.04. The number of alkyl halides is 1. The monoisotopic (exact) mass is 406 g/mol. The van der Waals surface area contributed by atoms with Crippen LogP contribution in [0.15, 0.2) is 23.3 Å². The van der Waals surface area contributed by atoms with Crippen LogP contribution in [0.1, 0.15) is 39.7 Å². The molecule has 0 spiro atoms. The maximum atomic E-state index is 13.0. The Morgan fingerprint density at radius 3 is 2.45 bits per heavy atom. The van der Waals surface area contributed by atoms with Gasteiger partial charge in [-0.2, -0.15) is 5.10 Å². The number of nitrogens with zero attached hydrogens (tertiary/aromatic N) is 4. The number of hydrogen-bond acceptors (Lipinski definition) is 5. The maximum absolute atomic E-state index is 13.0. The Kier molecular flexibility index (Phi) is 8.73. The summed E-state index contributed by atoms with van der Waals surface area (Å²) in [4.78, 5) is 16.9. The average molecular weight is 407 g/mol. The van der Waals surface area contributed by atoms with E-state index in [4.69, 9.17) is 4.74 Å². The van der Waals surface area contributed by atoms with Crippen LogP contribution in [-0.4, -0.2) is 74.1 Å². The number of piperazine rings is 1. The van der Waals surface area contributed by atoms with Crippen molar-refractivity contribution in [2.24, 2.45) is 5.10 Å². The van der Waals surface area contributed by atoms with Gasteiger partial charge in [0.15, 0.2) is 0 Å². The summed E-state index contributed by atoms with van der Waals surface area (Å²) >= 11 is 0. The number of ether oxygens (including phenoxy) is 1. The second-order valence-electron chi connectivity index (χ2n) is 7.56. The van der Waals surface area contributed by atoms with Gasteiger partial charge in [-0.05, 0) is 38.3 Å². The van der Waals surface area contributed by atoms with E-state index >= 15 is 0 Å². The molecule has 1 aliphatic heterocycles. The molecular formula is C22H35FN4O2. The lowest BCUT2D eigenvalue weighted by atomic mass is 10.1. The molecule has 1 aromatic rings. The zero-order chi connectivity index (χ0) is 21.4. The molecule has 1 aliphatic rings. The molecule has 7 heteroatoms. The van der Waals surface area contributed by atoms with Gasteiger partial charge in [0.2, 0.25) is 5.91 Å². The van der Waals surface area contributed by atoms with E-state index in [9.17, 15) is 9.18 Å². The molecule has 0 aromatic heterocycles. The van der Waals surface area contributed by atoms with Gasteiger partial charge in [0.25, 0.3) is 0 Å². The van der Waals surface area contributed by atoms with Crippen molar-refractivity contribution in [3.05, 3.63) is 23.8 Å². The van der Waals surface area contributed by atoms with Gasteiger partial charge < -0.3 is 14.5 Å². The average Bonchev–Trinajstić information content (AvgIpc) is 2.75. The minimum absolute atomic E-state index is 0.0373. The molecule has 0 aliphatic carbocycles. The first-order valence-electron chi connectivity index (χ1n) is 10.5. The van der Waals surface area contributed by atoms with Gasteiger partial charge in [0.1, 0.15) is 19.0 Å². The number of amides is 1. The second kappa shape index (κ2) is 11.0. The molecule has 0 atom stereocenters. The van der Waals surface area contributed by atoms with Crippen LogP contribution in [0.4, 0.5) is 10.1 Å². The smallest absolute Gasteiger partial charge is 0.243 e. The third-order valence-electron chi connectivity index (χ3n) is 5.37. The van der Waals surface area contributed by atoms with E-state index in [2.05, 4.69) is 35.1 Å². The fourth-order valence-corrected chi connectivity index (χ4v) is 3.38. The highest BCUT2D eigenvalue weighted by Crippen LogP contribution is 2.27. The summed E-state index contributed by atoms with van der Waals surface area (Å²) in [5.74, 6) is 0.948. The Bertz CT molecular complexity index is 694. The van der Waals surface area contributed by atoms with Crippen molar-refractivity contribution in [2.45, 2.75) is 46.6 Å². The molecule has 6 nitrogen and oxygen atoms in total. The fraction of sp³-hybridized carbons (Fsp3) is 0.636. The number of halogens is 1. The van der Waals surface area contributed by atoms with Crippen molar-refractivity contribution < 1.29 is 13.9 Å². The molecule has 0 saturated carbocycles. The van der Waals surface area contributed by atoms with Gasteiger partial charge in [-0.15, -0.1) is 0 Å². The van der Waals surface area contributed by atoms with Crippen molar-refractivity contribution in [3.8, 4) is 5.75 Å². The molecule has 1 fully saturated rings. The molecule has 0 radical (unpaired) electrons. The third kappa shape index (κ3) is 6.08. The Morgan fingerprint density at radius 1 is 1.24 bits per heavy atom. The lowest BCUT2D eigenvalue weighted by Gasteiger charge is -2.37. The van der Waals surface area contributed by atoms with E-state index in [0.29, 0.717) is 25.2 Å². The molecule has 1 amide bonds. The first-order valence-corrected chi connectivity index (χ1v) is 10.5. The van der Waals surface area contributed by atoms with E-state index < -0.39 is 6.67 Å². The van der Waals surface area contributed by atoms with Gasteiger partial charge >= 0.3 is 0 Å². The summed E-state index contributed by atoms with van der Waals surface area (Å²) < 4.78 is 18.5. The number of anilines is 1. The zero-order valence-corrected chi connectivity index (χ0v) is 18.4. The summed E-state index contributed by atoms with van der Waals surface area (Å²) in [6.45, 7) is 10.4. The number of hydrogen-bond donors (Lipinski definition) is 0.